The van der Waals surface area contributed by atoms with Crippen molar-refractivity contribution in [1.82, 2.24) is 4.90 Å². The average molecular weight is 392 g/mol. The Kier molecular flexibility index (Phi) is 6.03. The summed E-state index contributed by atoms with van der Waals surface area (Å²) in [7, 11) is 1.61. The smallest absolute Gasteiger partial charge is 0.338 e. The fraction of sp³-hybridized carbons (Fsp3) is 0.263. The Morgan fingerprint density at radius 3 is 2.63 bits per heavy atom. The second-order valence-electron chi connectivity index (χ2n) is 5.76. The first-order chi connectivity index (χ1) is 13.0. The molecule has 0 N–H and O–H groups in total. The Morgan fingerprint density at radius 2 is 1.85 bits per heavy atom. The van der Waals surface area contributed by atoms with E-state index in [-0.39, 0.29) is 19.3 Å². The zero-order valence-corrected chi connectivity index (χ0v) is 15.4. The van der Waals surface area contributed by atoms with Gasteiger partial charge in [-0.25, -0.2) is 4.79 Å². The number of carbonyl (C=O) groups excluding carboxylic acids is 2. The molecule has 27 heavy (non-hydrogen) atoms. The van der Waals surface area contributed by atoms with Crippen molar-refractivity contribution in [2.24, 2.45) is 0 Å². The van der Waals surface area contributed by atoms with Gasteiger partial charge >= 0.3 is 5.97 Å². The van der Waals surface area contributed by atoms with Crippen LogP contribution in [0.5, 0.6) is 17.2 Å². The van der Waals surface area contributed by atoms with Gasteiger partial charge in [0, 0.05) is 12.1 Å². The van der Waals surface area contributed by atoms with Crippen LogP contribution in [0.3, 0.4) is 0 Å². The van der Waals surface area contributed by atoms with E-state index in [1.807, 2.05) is 0 Å². The maximum atomic E-state index is 12.1. The van der Waals surface area contributed by atoms with E-state index in [1.54, 1.807) is 43.4 Å². The number of halogens is 1. The molecule has 3 rings (SSSR count). The van der Waals surface area contributed by atoms with Gasteiger partial charge in [0.15, 0.2) is 18.1 Å². The third-order valence-corrected chi connectivity index (χ3v) is 4.12. The predicted molar refractivity (Wildman–Crippen MR) is 97.4 cm³/mol. The molecule has 7 nitrogen and oxygen atoms in total. The van der Waals surface area contributed by atoms with Gasteiger partial charge in [0.2, 0.25) is 6.79 Å². The van der Waals surface area contributed by atoms with Crippen molar-refractivity contribution >= 4 is 23.5 Å². The molecule has 142 valence electrons. The first-order valence-corrected chi connectivity index (χ1v) is 8.60. The lowest BCUT2D eigenvalue weighted by atomic mass is 10.2. The molecule has 0 aliphatic carbocycles. The summed E-state index contributed by atoms with van der Waals surface area (Å²) < 4.78 is 21.0. The number of amides is 1. The van der Waals surface area contributed by atoms with E-state index in [2.05, 4.69) is 0 Å². The number of rotatable bonds is 7. The molecule has 0 spiro atoms. The minimum atomic E-state index is -0.604. The van der Waals surface area contributed by atoms with E-state index >= 15 is 0 Å². The monoisotopic (exact) mass is 391 g/mol. The van der Waals surface area contributed by atoms with E-state index in [4.69, 9.17) is 30.5 Å². The largest absolute Gasteiger partial charge is 0.492 e. The molecular formula is C19H18ClNO6. The lowest BCUT2D eigenvalue weighted by Crippen LogP contribution is -2.34. The van der Waals surface area contributed by atoms with Gasteiger partial charge in [-0.05, 0) is 42.5 Å². The Labute approximate surface area is 161 Å². The lowest BCUT2D eigenvalue weighted by molar-refractivity contribution is -0.133. The molecule has 0 atom stereocenters. The highest BCUT2D eigenvalue weighted by Gasteiger charge is 2.18. The van der Waals surface area contributed by atoms with Crippen LogP contribution in [-0.2, 0) is 9.53 Å². The van der Waals surface area contributed by atoms with Crippen molar-refractivity contribution in [1.29, 1.82) is 0 Å². The second-order valence-corrected chi connectivity index (χ2v) is 6.20. The fourth-order valence-corrected chi connectivity index (χ4v) is 2.43. The molecule has 1 aliphatic rings. The molecule has 2 aromatic rings. The van der Waals surface area contributed by atoms with Gasteiger partial charge in [-0.1, -0.05) is 11.6 Å². The van der Waals surface area contributed by atoms with Gasteiger partial charge in [0.05, 0.1) is 12.1 Å². The number of hydrogen-bond donors (Lipinski definition) is 0. The molecule has 1 aliphatic heterocycles. The molecule has 0 fully saturated rings. The molecule has 0 bridgehead atoms. The van der Waals surface area contributed by atoms with Crippen LogP contribution in [0.15, 0.2) is 42.5 Å². The average Bonchev–Trinajstić information content (AvgIpc) is 3.15. The van der Waals surface area contributed by atoms with E-state index in [0.717, 1.165) is 0 Å². The molecule has 0 radical (unpaired) electrons. The standard InChI is InChI=1S/C19H18ClNO6/c1-21(8-9-24-15-5-3-14(20)4-6-15)18(22)11-25-19(23)13-2-7-16-17(10-13)27-12-26-16/h2-7,10H,8-9,11-12H2,1H3. The second kappa shape index (κ2) is 8.64. The van der Waals surface area contributed by atoms with Gasteiger partial charge in [0.1, 0.15) is 12.4 Å². The highest BCUT2D eigenvalue weighted by atomic mass is 35.5. The van der Waals surface area contributed by atoms with E-state index in [0.29, 0.717) is 41.0 Å². The molecule has 0 saturated heterocycles. The summed E-state index contributed by atoms with van der Waals surface area (Å²) in [4.78, 5) is 25.6. The highest BCUT2D eigenvalue weighted by Crippen LogP contribution is 2.32. The first-order valence-electron chi connectivity index (χ1n) is 8.22. The van der Waals surface area contributed by atoms with Gasteiger partial charge in [0.25, 0.3) is 5.91 Å². The number of nitrogens with zero attached hydrogens (tertiary/aromatic N) is 1. The van der Waals surface area contributed by atoms with E-state index < -0.39 is 5.97 Å². The molecule has 8 heteroatoms. The minimum absolute atomic E-state index is 0.120. The van der Waals surface area contributed by atoms with Crippen LogP contribution in [-0.4, -0.2) is 50.4 Å². The molecule has 0 unspecified atom stereocenters. The number of ether oxygens (including phenoxy) is 4. The van der Waals surface area contributed by atoms with Crippen LogP contribution in [0, 0.1) is 0 Å². The summed E-state index contributed by atoms with van der Waals surface area (Å²) in [5, 5.41) is 0.624. The molecular weight excluding hydrogens is 374 g/mol. The predicted octanol–water partition coefficient (Wildman–Crippen LogP) is 2.76. The van der Waals surface area contributed by atoms with Crippen LogP contribution in [0.2, 0.25) is 5.02 Å². The first kappa shape index (κ1) is 18.8. The van der Waals surface area contributed by atoms with Gasteiger partial charge in [-0.3, -0.25) is 4.79 Å². The summed E-state index contributed by atoms with van der Waals surface area (Å²) in [6.07, 6.45) is 0. The summed E-state index contributed by atoms with van der Waals surface area (Å²) in [6.45, 7) is 0.420. The Bertz CT molecular complexity index is 823. The van der Waals surface area contributed by atoms with Gasteiger partial charge in [-0.2, -0.15) is 0 Å². The SMILES string of the molecule is CN(CCOc1ccc(Cl)cc1)C(=O)COC(=O)c1ccc2c(c1)OCO2. The van der Waals surface area contributed by atoms with E-state index in [1.165, 1.54) is 11.0 Å². The molecule has 2 aromatic carbocycles. The third-order valence-electron chi connectivity index (χ3n) is 3.87. The van der Waals surface area contributed by atoms with Crippen LogP contribution in [0.25, 0.3) is 0 Å². The van der Waals surface area contributed by atoms with Crippen molar-refractivity contribution in [3.8, 4) is 17.2 Å². The minimum Gasteiger partial charge on any atom is -0.492 e. The van der Waals surface area contributed by atoms with Crippen molar-refractivity contribution in [2.45, 2.75) is 0 Å². The van der Waals surface area contributed by atoms with Crippen LogP contribution in [0.1, 0.15) is 10.4 Å². The molecule has 1 amide bonds. The summed E-state index contributed by atoms with van der Waals surface area (Å²) in [5.74, 6) is 0.779. The topological polar surface area (TPSA) is 74.3 Å². The number of esters is 1. The summed E-state index contributed by atoms with van der Waals surface area (Å²) >= 11 is 5.81. The van der Waals surface area contributed by atoms with Gasteiger partial charge in [-0.15, -0.1) is 0 Å². The van der Waals surface area contributed by atoms with Crippen LogP contribution in [0.4, 0.5) is 0 Å². The lowest BCUT2D eigenvalue weighted by Gasteiger charge is -2.17. The number of likely N-dealkylation sites (N-methyl/N-ethyl adjacent to an activating group) is 1. The fourth-order valence-electron chi connectivity index (χ4n) is 2.30. The zero-order valence-electron chi connectivity index (χ0n) is 14.6. The van der Waals surface area contributed by atoms with E-state index in [9.17, 15) is 9.59 Å². The van der Waals surface area contributed by atoms with Crippen LogP contribution < -0.4 is 14.2 Å². The maximum Gasteiger partial charge on any atom is 0.338 e. The van der Waals surface area contributed by atoms with Crippen molar-refractivity contribution in [2.75, 3.05) is 33.6 Å². The normalized spacial score (nSPS) is 11.8. The van der Waals surface area contributed by atoms with Crippen molar-refractivity contribution in [3.63, 3.8) is 0 Å². The maximum absolute atomic E-state index is 12.1. The molecule has 1 heterocycles. The van der Waals surface area contributed by atoms with Crippen LogP contribution >= 0.6 is 11.6 Å². The Morgan fingerprint density at radius 1 is 1.11 bits per heavy atom. The zero-order chi connectivity index (χ0) is 19.2. The number of hydrogen-bond acceptors (Lipinski definition) is 6. The Hall–Kier alpha value is -2.93. The molecule has 0 aromatic heterocycles. The Balaban J connectivity index is 1.41. The number of benzene rings is 2. The van der Waals surface area contributed by atoms with Gasteiger partial charge < -0.3 is 23.8 Å². The summed E-state index contributed by atoms with van der Waals surface area (Å²) in [5.41, 5.74) is 0.292. The number of carbonyl (C=O) groups is 2. The third kappa shape index (κ3) is 5.04. The van der Waals surface area contributed by atoms with Crippen molar-refractivity contribution < 1.29 is 28.5 Å². The summed E-state index contributed by atoms with van der Waals surface area (Å²) in [6, 6.07) is 11.7. The quantitative estimate of drug-likeness (QED) is 0.676. The number of fused-ring (bicyclic) bond motifs is 1. The van der Waals surface area contributed by atoms with Crippen molar-refractivity contribution in [3.05, 3.63) is 53.1 Å². The molecule has 0 saturated carbocycles. The highest BCUT2D eigenvalue weighted by molar-refractivity contribution is 6.30.